The maximum Gasteiger partial charge on any atom is 0.148 e. The zero-order valence-corrected chi connectivity index (χ0v) is 5.09. The Morgan fingerprint density at radius 3 is 2.89 bits per heavy atom. The number of allylic oxidation sites excluding steroid dienone is 1. The zero-order valence-electron chi connectivity index (χ0n) is 5.09. The molecule has 2 N–H and O–H groups in total. The summed E-state index contributed by atoms with van der Waals surface area (Å²) in [4.78, 5) is 10.1. The first-order valence-electron chi connectivity index (χ1n) is 3.05. The summed E-state index contributed by atoms with van der Waals surface area (Å²) in [5, 5.41) is 11.9. The van der Waals surface area contributed by atoms with E-state index in [0.717, 1.165) is 19.4 Å². The molecule has 1 aliphatic rings. The van der Waals surface area contributed by atoms with Gasteiger partial charge in [-0.1, -0.05) is 0 Å². The molecule has 0 aromatic rings. The van der Waals surface area contributed by atoms with Crippen LogP contribution in [0.4, 0.5) is 0 Å². The predicted molar refractivity (Wildman–Crippen MR) is 29.1 cm³/mol. The van der Waals surface area contributed by atoms with Gasteiger partial charge < -0.3 is 15.2 Å². The van der Waals surface area contributed by atoms with Crippen molar-refractivity contribution >= 4 is 5.97 Å². The number of hydrogen-bond donors (Lipinski definition) is 1. The third kappa shape index (κ3) is 1.54. The van der Waals surface area contributed by atoms with Crippen molar-refractivity contribution < 1.29 is 15.2 Å². The number of carbonyl (C=O) groups is 1. The Bertz CT molecular complexity index is 151. The molecule has 0 unspecified atom stereocenters. The average molecular weight is 127 g/mol. The van der Waals surface area contributed by atoms with Gasteiger partial charge in [-0.15, -0.1) is 0 Å². The van der Waals surface area contributed by atoms with Crippen LogP contribution in [0.15, 0.2) is 11.8 Å². The van der Waals surface area contributed by atoms with Crippen LogP contribution in [0, 0.1) is 0 Å². The van der Waals surface area contributed by atoms with E-state index in [4.69, 9.17) is 0 Å². The Hall–Kier alpha value is -0.830. The van der Waals surface area contributed by atoms with Crippen LogP contribution in [0.2, 0.25) is 0 Å². The Kier molecular flexibility index (Phi) is 1.85. The Labute approximate surface area is 53.4 Å². The molecule has 1 rings (SSSR count). The molecule has 0 atom stereocenters. The molecule has 3 heteroatoms. The van der Waals surface area contributed by atoms with E-state index in [1.165, 1.54) is 0 Å². The first-order valence-corrected chi connectivity index (χ1v) is 3.05. The van der Waals surface area contributed by atoms with Gasteiger partial charge in [0.25, 0.3) is 0 Å². The molecule has 0 saturated heterocycles. The van der Waals surface area contributed by atoms with Gasteiger partial charge in [0.15, 0.2) is 0 Å². The van der Waals surface area contributed by atoms with Crippen molar-refractivity contribution in [1.29, 1.82) is 0 Å². The number of carboxylic acids is 1. The van der Waals surface area contributed by atoms with Crippen molar-refractivity contribution in [3.8, 4) is 0 Å². The number of carbonyl (C=O) groups excluding carboxylic acids is 1. The molecule has 1 aliphatic heterocycles. The second-order valence-corrected chi connectivity index (χ2v) is 2.08. The van der Waals surface area contributed by atoms with Crippen LogP contribution >= 0.6 is 0 Å². The van der Waals surface area contributed by atoms with Gasteiger partial charge >= 0.3 is 0 Å². The number of quaternary nitrogens is 1. The second-order valence-electron chi connectivity index (χ2n) is 2.08. The van der Waals surface area contributed by atoms with E-state index in [1.54, 1.807) is 11.4 Å². The lowest BCUT2D eigenvalue weighted by Gasteiger charge is -2.09. The number of carboxylic acid groups (broad SMARTS) is 1. The molecule has 0 aliphatic carbocycles. The lowest BCUT2D eigenvalue weighted by atomic mass is 10.2. The smallest absolute Gasteiger partial charge is 0.148 e. The molecular weight excluding hydrogens is 118 g/mol. The molecule has 50 valence electrons. The molecule has 0 amide bonds. The van der Waals surface area contributed by atoms with Gasteiger partial charge in [-0.2, -0.15) is 0 Å². The standard InChI is InChI=1S/C6H9NO2/c8-6(9)5-3-1-2-4-7-5/h3,7H,1-2,4H2,(H,8,9). The summed E-state index contributed by atoms with van der Waals surface area (Å²) in [6, 6.07) is 0. The van der Waals surface area contributed by atoms with Crippen molar-refractivity contribution in [1.82, 2.24) is 0 Å². The number of nitrogens with two attached hydrogens (primary N) is 1. The SMILES string of the molecule is O=C([O-])C1=CCCC[NH2+]1. The summed E-state index contributed by atoms with van der Waals surface area (Å²) in [6.07, 6.45) is 3.65. The van der Waals surface area contributed by atoms with Gasteiger partial charge in [0.2, 0.25) is 0 Å². The fraction of sp³-hybridized carbons (Fsp3) is 0.500. The summed E-state index contributed by atoms with van der Waals surface area (Å²) in [7, 11) is 0. The largest absolute Gasteiger partial charge is 0.540 e. The topological polar surface area (TPSA) is 56.7 Å². The van der Waals surface area contributed by atoms with Crippen LogP contribution in [0.25, 0.3) is 0 Å². The zero-order chi connectivity index (χ0) is 6.69. The molecule has 3 nitrogen and oxygen atoms in total. The highest BCUT2D eigenvalue weighted by Gasteiger charge is 2.06. The molecule has 9 heavy (non-hydrogen) atoms. The third-order valence-electron chi connectivity index (χ3n) is 1.37. The molecule has 0 saturated carbocycles. The Balaban J connectivity index is 2.57. The number of aliphatic carboxylic acids is 1. The van der Waals surface area contributed by atoms with E-state index >= 15 is 0 Å². The normalized spacial score (nSPS) is 18.9. The first-order chi connectivity index (χ1) is 4.30. The molecular formula is C6H9NO2. The molecule has 0 aromatic carbocycles. The van der Waals surface area contributed by atoms with E-state index < -0.39 is 5.97 Å². The van der Waals surface area contributed by atoms with E-state index in [2.05, 4.69) is 0 Å². The summed E-state index contributed by atoms with van der Waals surface area (Å²) < 4.78 is 0. The highest BCUT2D eigenvalue weighted by atomic mass is 16.4. The summed E-state index contributed by atoms with van der Waals surface area (Å²) in [5.74, 6) is -1.05. The van der Waals surface area contributed by atoms with E-state index in [-0.39, 0.29) is 0 Å². The quantitative estimate of drug-likeness (QED) is 0.442. The van der Waals surface area contributed by atoms with Crippen molar-refractivity contribution in [3.05, 3.63) is 11.8 Å². The van der Waals surface area contributed by atoms with Crippen molar-refractivity contribution in [2.45, 2.75) is 12.8 Å². The number of hydrogen-bond acceptors (Lipinski definition) is 2. The minimum absolute atomic E-state index is 0.362. The van der Waals surface area contributed by atoms with Crippen LogP contribution in [0.3, 0.4) is 0 Å². The van der Waals surface area contributed by atoms with Crippen LogP contribution in [-0.2, 0) is 4.79 Å². The van der Waals surface area contributed by atoms with Gasteiger partial charge in [-0.25, -0.2) is 0 Å². The summed E-state index contributed by atoms with van der Waals surface area (Å²) in [5.41, 5.74) is 0.362. The molecule has 0 fully saturated rings. The van der Waals surface area contributed by atoms with Crippen molar-refractivity contribution in [3.63, 3.8) is 0 Å². The van der Waals surface area contributed by atoms with Crippen LogP contribution < -0.4 is 10.4 Å². The van der Waals surface area contributed by atoms with Gasteiger partial charge in [0.05, 0.1) is 6.54 Å². The Morgan fingerprint density at radius 1 is 1.78 bits per heavy atom. The fourth-order valence-corrected chi connectivity index (χ4v) is 0.883. The summed E-state index contributed by atoms with van der Waals surface area (Å²) >= 11 is 0. The Morgan fingerprint density at radius 2 is 2.56 bits per heavy atom. The van der Waals surface area contributed by atoms with E-state index in [9.17, 15) is 9.90 Å². The van der Waals surface area contributed by atoms with Crippen LogP contribution in [0.1, 0.15) is 12.8 Å². The minimum Gasteiger partial charge on any atom is -0.540 e. The minimum atomic E-state index is -1.05. The van der Waals surface area contributed by atoms with Gasteiger partial charge in [-0.3, -0.25) is 0 Å². The molecule has 0 spiro atoms. The monoisotopic (exact) mass is 127 g/mol. The third-order valence-corrected chi connectivity index (χ3v) is 1.37. The molecule has 1 heterocycles. The fourth-order valence-electron chi connectivity index (χ4n) is 0.883. The highest BCUT2D eigenvalue weighted by molar-refractivity contribution is 5.81. The van der Waals surface area contributed by atoms with Crippen LogP contribution in [0.5, 0.6) is 0 Å². The van der Waals surface area contributed by atoms with Gasteiger partial charge in [0.1, 0.15) is 11.7 Å². The van der Waals surface area contributed by atoms with Crippen molar-refractivity contribution in [2.75, 3.05) is 6.54 Å². The van der Waals surface area contributed by atoms with E-state index in [1.807, 2.05) is 0 Å². The second kappa shape index (κ2) is 2.64. The molecule has 0 aromatic heterocycles. The van der Waals surface area contributed by atoms with E-state index in [0.29, 0.717) is 5.70 Å². The van der Waals surface area contributed by atoms with Crippen LogP contribution in [-0.4, -0.2) is 12.5 Å². The van der Waals surface area contributed by atoms with Gasteiger partial charge in [-0.05, 0) is 12.5 Å². The van der Waals surface area contributed by atoms with Crippen molar-refractivity contribution in [2.24, 2.45) is 0 Å². The molecule has 0 bridgehead atoms. The average Bonchev–Trinajstić information content (AvgIpc) is 1.90. The molecule has 0 radical (unpaired) electrons. The lowest BCUT2D eigenvalue weighted by molar-refractivity contribution is -0.609. The predicted octanol–water partition coefficient (Wildman–Crippen LogP) is -2.02. The number of rotatable bonds is 1. The highest BCUT2D eigenvalue weighted by Crippen LogP contribution is 1.94. The van der Waals surface area contributed by atoms with Gasteiger partial charge in [0, 0.05) is 6.42 Å². The summed E-state index contributed by atoms with van der Waals surface area (Å²) in [6.45, 7) is 0.875. The maximum atomic E-state index is 10.1. The maximum absolute atomic E-state index is 10.1. The lowest BCUT2D eigenvalue weighted by Crippen LogP contribution is -2.85. The first kappa shape index (κ1) is 6.29.